The van der Waals surface area contributed by atoms with E-state index in [4.69, 9.17) is 29.3 Å². The number of hydrogen-bond donors (Lipinski definition) is 7. The Morgan fingerprint density at radius 3 is 2.29 bits per heavy atom. The maximum atomic E-state index is 10.7. The van der Waals surface area contributed by atoms with Crippen molar-refractivity contribution in [1.29, 1.82) is 0 Å². The molecule has 0 rings (SSSR count). The van der Waals surface area contributed by atoms with Gasteiger partial charge in [-0.1, -0.05) is 0 Å². The molecular formula is C10H21NO9Si. The number of carboxylic acids is 2. The summed E-state index contributed by atoms with van der Waals surface area (Å²) in [5.74, 6) is -2.61. The number of aliphatic hydroxyl groups is 1. The lowest BCUT2D eigenvalue weighted by Gasteiger charge is -2.16. The van der Waals surface area contributed by atoms with E-state index in [-0.39, 0.29) is 32.2 Å². The van der Waals surface area contributed by atoms with E-state index in [1.54, 1.807) is 0 Å². The highest BCUT2D eigenvalue weighted by molar-refractivity contribution is 6.56. The Bertz CT molecular complexity index is 333. The van der Waals surface area contributed by atoms with E-state index in [9.17, 15) is 14.7 Å². The molecule has 11 heteroatoms. The largest absolute Gasteiger partial charge is 0.492 e. The third kappa shape index (κ3) is 12.4. The number of nitrogens with one attached hydrogen (secondary N) is 1. The molecule has 0 spiro atoms. The van der Waals surface area contributed by atoms with Crippen LogP contribution in [0, 0.1) is 0 Å². The summed E-state index contributed by atoms with van der Waals surface area (Å²) in [4.78, 5) is 47.4. The Morgan fingerprint density at radius 2 is 1.81 bits per heavy atom. The summed E-state index contributed by atoms with van der Waals surface area (Å²) in [5, 5.41) is 29.2. The molecule has 0 radical (unpaired) electrons. The first-order valence-corrected chi connectivity index (χ1v) is 8.27. The van der Waals surface area contributed by atoms with Crippen molar-refractivity contribution in [2.24, 2.45) is 0 Å². The maximum absolute atomic E-state index is 10.7. The van der Waals surface area contributed by atoms with Gasteiger partial charge < -0.3 is 39.8 Å². The van der Waals surface area contributed by atoms with Crippen molar-refractivity contribution in [2.45, 2.75) is 31.0 Å². The Labute approximate surface area is 122 Å². The number of aliphatic hydroxyl groups excluding tert-OH is 1. The van der Waals surface area contributed by atoms with Crippen LogP contribution in [0.5, 0.6) is 0 Å². The molecule has 0 saturated heterocycles. The highest BCUT2D eigenvalue weighted by atomic mass is 28.4. The van der Waals surface area contributed by atoms with Crippen LogP contribution in [0.3, 0.4) is 0 Å². The van der Waals surface area contributed by atoms with Gasteiger partial charge in [-0.2, -0.15) is 0 Å². The van der Waals surface area contributed by atoms with Gasteiger partial charge in [-0.15, -0.1) is 0 Å². The standard InChI is InChI=1S/C10H21NO9Si/c12-7(6-20-2-1-3-21(17,18)19)5-11-8(10(15)16)4-9(13)14/h7-8,11-12,17-19H,1-6H2,(H,13,14)(H,15,16)/t7?,8-/m0/s1. The van der Waals surface area contributed by atoms with Gasteiger partial charge in [0.15, 0.2) is 0 Å². The minimum Gasteiger partial charge on any atom is -0.481 e. The van der Waals surface area contributed by atoms with Crippen LogP contribution in [0.1, 0.15) is 12.8 Å². The Balaban J connectivity index is 3.80. The molecular weight excluding hydrogens is 306 g/mol. The second kappa shape index (κ2) is 9.78. The molecule has 1 unspecified atom stereocenters. The van der Waals surface area contributed by atoms with Crippen LogP contribution in [-0.4, -0.2) is 82.4 Å². The van der Waals surface area contributed by atoms with Crippen molar-refractivity contribution in [3.05, 3.63) is 0 Å². The van der Waals surface area contributed by atoms with Crippen molar-refractivity contribution in [3.63, 3.8) is 0 Å². The molecule has 0 aromatic rings. The lowest BCUT2D eigenvalue weighted by atomic mass is 10.2. The second-order valence-electron chi connectivity index (χ2n) is 4.50. The summed E-state index contributed by atoms with van der Waals surface area (Å²) < 4.78 is 5.00. The van der Waals surface area contributed by atoms with Crippen molar-refractivity contribution in [3.8, 4) is 0 Å². The van der Waals surface area contributed by atoms with Crippen molar-refractivity contribution >= 4 is 20.7 Å². The predicted molar refractivity (Wildman–Crippen MR) is 70.3 cm³/mol. The van der Waals surface area contributed by atoms with Crippen LogP contribution in [0.15, 0.2) is 0 Å². The average molecular weight is 327 g/mol. The summed E-state index contributed by atoms with van der Waals surface area (Å²) in [6, 6.07) is -1.48. The van der Waals surface area contributed by atoms with Crippen LogP contribution in [-0.2, 0) is 14.3 Å². The van der Waals surface area contributed by atoms with Gasteiger partial charge in [0.1, 0.15) is 6.04 Å². The molecule has 2 atom stereocenters. The molecule has 7 N–H and O–H groups in total. The van der Waals surface area contributed by atoms with E-state index < -0.39 is 39.3 Å². The van der Waals surface area contributed by atoms with Crippen LogP contribution < -0.4 is 5.32 Å². The molecule has 0 saturated carbocycles. The van der Waals surface area contributed by atoms with E-state index in [0.29, 0.717) is 0 Å². The average Bonchev–Trinajstić information content (AvgIpc) is 2.31. The minimum atomic E-state index is -4.07. The molecule has 0 bridgehead atoms. The number of ether oxygens (including phenoxy) is 1. The van der Waals surface area contributed by atoms with E-state index in [2.05, 4.69) is 5.32 Å². The monoisotopic (exact) mass is 327 g/mol. The van der Waals surface area contributed by atoms with Crippen molar-refractivity contribution in [1.82, 2.24) is 5.32 Å². The summed E-state index contributed by atoms with van der Waals surface area (Å²) in [6.45, 7) is -0.211. The van der Waals surface area contributed by atoms with E-state index in [1.807, 2.05) is 0 Å². The first-order chi connectivity index (χ1) is 9.61. The molecule has 21 heavy (non-hydrogen) atoms. The first kappa shape index (κ1) is 19.9. The fraction of sp³-hybridized carbons (Fsp3) is 0.800. The number of hydrogen-bond acceptors (Lipinski definition) is 8. The van der Waals surface area contributed by atoms with E-state index in [0.717, 1.165) is 0 Å². The highest BCUT2D eigenvalue weighted by Gasteiger charge is 2.25. The Hall–Kier alpha value is -1.08. The Morgan fingerprint density at radius 1 is 1.19 bits per heavy atom. The van der Waals surface area contributed by atoms with Gasteiger partial charge in [0.25, 0.3) is 0 Å². The zero-order valence-corrected chi connectivity index (χ0v) is 12.3. The lowest BCUT2D eigenvalue weighted by Crippen LogP contribution is -2.43. The topological polar surface area (TPSA) is 177 Å². The predicted octanol–water partition coefficient (Wildman–Crippen LogP) is -2.81. The molecule has 0 fully saturated rings. The van der Waals surface area contributed by atoms with Crippen LogP contribution in [0.25, 0.3) is 0 Å². The van der Waals surface area contributed by atoms with Crippen molar-refractivity contribution in [2.75, 3.05) is 19.8 Å². The summed E-state index contributed by atoms with van der Waals surface area (Å²) in [7, 11) is -4.07. The fourth-order valence-corrected chi connectivity index (χ4v) is 2.01. The Kier molecular flexibility index (Phi) is 9.28. The van der Waals surface area contributed by atoms with Gasteiger partial charge in [0.05, 0.1) is 19.1 Å². The molecule has 0 aromatic carbocycles. The highest BCUT2D eigenvalue weighted by Crippen LogP contribution is 2.01. The van der Waals surface area contributed by atoms with Gasteiger partial charge >= 0.3 is 20.7 Å². The van der Waals surface area contributed by atoms with Gasteiger partial charge in [-0.3, -0.25) is 9.59 Å². The van der Waals surface area contributed by atoms with Gasteiger partial charge in [-0.05, 0) is 6.42 Å². The molecule has 124 valence electrons. The summed E-state index contributed by atoms with van der Waals surface area (Å²) in [5.41, 5.74) is 0. The molecule has 0 aromatic heterocycles. The molecule has 0 amide bonds. The zero-order valence-electron chi connectivity index (χ0n) is 11.3. The molecule has 10 nitrogen and oxygen atoms in total. The quantitative estimate of drug-likeness (QED) is 0.146. The minimum absolute atomic E-state index is 0.0883. The summed E-state index contributed by atoms with van der Waals surface area (Å²) in [6.07, 6.45) is -1.45. The third-order valence-corrected chi connectivity index (χ3v) is 3.41. The van der Waals surface area contributed by atoms with E-state index >= 15 is 0 Å². The van der Waals surface area contributed by atoms with Gasteiger partial charge in [-0.25, -0.2) is 0 Å². The molecule has 0 aliphatic rings. The van der Waals surface area contributed by atoms with Crippen molar-refractivity contribution < 1.29 is 44.0 Å². The zero-order chi connectivity index (χ0) is 16.5. The number of rotatable bonds is 12. The second-order valence-corrected chi connectivity index (χ2v) is 6.55. The third-order valence-electron chi connectivity index (χ3n) is 2.39. The van der Waals surface area contributed by atoms with Gasteiger partial charge in [0, 0.05) is 19.2 Å². The van der Waals surface area contributed by atoms with Crippen LogP contribution in [0.4, 0.5) is 0 Å². The molecule has 0 aliphatic carbocycles. The van der Waals surface area contributed by atoms with E-state index in [1.165, 1.54) is 0 Å². The summed E-state index contributed by atoms with van der Waals surface area (Å²) >= 11 is 0. The maximum Gasteiger partial charge on any atom is 0.492 e. The molecule has 0 heterocycles. The van der Waals surface area contributed by atoms with Crippen LogP contribution in [0.2, 0.25) is 6.04 Å². The molecule has 0 aliphatic heterocycles. The number of aliphatic carboxylic acids is 2. The number of carbonyl (C=O) groups is 2. The first-order valence-electron chi connectivity index (χ1n) is 6.22. The van der Waals surface area contributed by atoms with Crippen LogP contribution >= 0.6 is 0 Å². The lowest BCUT2D eigenvalue weighted by molar-refractivity contribution is -0.146. The fourth-order valence-electron chi connectivity index (χ4n) is 1.39. The SMILES string of the molecule is O=C(O)C[C@H](NCC(O)COCCC[Si](O)(O)O)C(=O)O. The normalized spacial score (nSPS) is 14.7. The van der Waals surface area contributed by atoms with Gasteiger partial charge in [0.2, 0.25) is 0 Å². The smallest absolute Gasteiger partial charge is 0.481 e. The number of carboxylic acid groups (broad SMARTS) is 2.